The highest BCUT2D eigenvalue weighted by molar-refractivity contribution is 8.00. The minimum atomic E-state index is -0.0737. The molecule has 0 bridgehead atoms. The van der Waals surface area contributed by atoms with Crippen LogP contribution in [0.1, 0.15) is 0 Å². The molecule has 0 radical (unpaired) electrons. The van der Waals surface area contributed by atoms with Crippen LogP contribution < -0.4 is 5.32 Å². The van der Waals surface area contributed by atoms with Crippen LogP contribution in [0.25, 0.3) is 11.0 Å². The first kappa shape index (κ1) is 14.3. The van der Waals surface area contributed by atoms with Gasteiger partial charge in [0, 0.05) is 9.92 Å². The van der Waals surface area contributed by atoms with E-state index in [9.17, 15) is 4.79 Å². The number of amides is 1. The molecule has 0 atom stereocenters. The van der Waals surface area contributed by atoms with Gasteiger partial charge in [-0.25, -0.2) is 0 Å². The molecule has 0 aliphatic carbocycles. The highest BCUT2D eigenvalue weighted by atomic mass is 35.5. The van der Waals surface area contributed by atoms with Crippen molar-refractivity contribution >= 4 is 57.7 Å². The summed E-state index contributed by atoms with van der Waals surface area (Å²) in [5, 5.41) is 3.56. The quantitative estimate of drug-likeness (QED) is 0.730. The molecule has 0 saturated carbocycles. The third-order valence-electron chi connectivity index (χ3n) is 2.74. The number of halogens is 1. The van der Waals surface area contributed by atoms with Gasteiger partial charge in [0.1, 0.15) is 11.0 Å². The summed E-state index contributed by atoms with van der Waals surface area (Å²) in [6.07, 6.45) is 0. The highest BCUT2D eigenvalue weighted by Crippen LogP contribution is 2.23. The van der Waals surface area contributed by atoms with Crippen LogP contribution in [0.4, 0.5) is 5.69 Å². The Morgan fingerprint density at radius 1 is 1.19 bits per heavy atom. The number of nitrogens with zero attached hydrogens (tertiary/aromatic N) is 2. The number of carbonyl (C=O) groups excluding carboxylic acids is 1. The first-order valence-corrected chi connectivity index (χ1v) is 8.21. The molecular formula is C14H10ClN3OS2. The number of anilines is 1. The zero-order chi connectivity index (χ0) is 14.7. The molecular weight excluding hydrogens is 326 g/mol. The van der Waals surface area contributed by atoms with E-state index >= 15 is 0 Å². The molecule has 0 aliphatic rings. The second kappa shape index (κ2) is 6.43. The summed E-state index contributed by atoms with van der Waals surface area (Å²) in [6.45, 7) is 0. The molecule has 3 aromatic rings. The lowest BCUT2D eigenvalue weighted by molar-refractivity contribution is -0.113. The normalized spacial score (nSPS) is 10.7. The molecule has 0 saturated heterocycles. The lowest BCUT2D eigenvalue weighted by atomic mass is 10.2. The fourth-order valence-corrected chi connectivity index (χ4v) is 3.15. The van der Waals surface area contributed by atoms with Crippen molar-refractivity contribution in [3.63, 3.8) is 0 Å². The van der Waals surface area contributed by atoms with Crippen molar-refractivity contribution in [2.24, 2.45) is 0 Å². The van der Waals surface area contributed by atoms with E-state index in [1.54, 1.807) is 0 Å². The molecule has 4 nitrogen and oxygen atoms in total. The third-order valence-corrected chi connectivity index (χ3v) is 4.55. The van der Waals surface area contributed by atoms with Crippen LogP contribution in [0.2, 0.25) is 5.02 Å². The number of hydrogen-bond acceptors (Lipinski definition) is 5. The second-order valence-corrected chi connectivity index (χ2v) is 6.24. The molecule has 1 N–H and O–H groups in total. The fourth-order valence-electron chi connectivity index (χ4n) is 1.77. The Kier molecular flexibility index (Phi) is 4.38. The van der Waals surface area contributed by atoms with Crippen LogP contribution in [0, 0.1) is 0 Å². The van der Waals surface area contributed by atoms with Gasteiger partial charge in [-0.2, -0.15) is 8.75 Å². The summed E-state index contributed by atoms with van der Waals surface area (Å²) in [6, 6.07) is 13.0. The van der Waals surface area contributed by atoms with Gasteiger partial charge in [0.2, 0.25) is 5.91 Å². The lowest BCUT2D eigenvalue weighted by Crippen LogP contribution is -2.14. The van der Waals surface area contributed by atoms with Gasteiger partial charge in [0.05, 0.1) is 23.2 Å². The fraction of sp³-hybridized carbons (Fsp3) is 0.0714. The Morgan fingerprint density at radius 2 is 2.00 bits per heavy atom. The zero-order valence-electron chi connectivity index (χ0n) is 10.7. The number of rotatable bonds is 4. The van der Waals surface area contributed by atoms with Crippen molar-refractivity contribution in [1.82, 2.24) is 8.75 Å². The Labute approximate surface area is 134 Å². The molecule has 1 aromatic heterocycles. The number of carbonyl (C=O) groups is 1. The number of aromatic nitrogens is 2. The van der Waals surface area contributed by atoms with E-state index in [0.29, 0.717) is 16.5 Å². The summed E-state index contributed by atoms with van der Waals surface area (Å²) in [7, 11) is 0. The summed E-state index contributed by atoms with van der Waals surface area (Å²) in [5.41, 5.74) is 2.22. The predicted molar refractivity (Wildman–Crippen MR) is 88.2 cm³/mol. The summed E-state index contributed by atoms with van der Waals surface area (Å²) in [5.74, 6) is 0.255. The van der Waals surface area contributed by atoms with E-state index in [1.807, 2.05) is 42.5 Å². The molecule has 0 fully saturated rings. The average Bonchev–Trinajstić information content (AvgIpc) is 2.96. The standard InChI is InChI=1S/C14H10ClN3OS2/c15-9-4-6-10(7-5-9)20-8-13(19)16-11-2-1-3-12-14(11)18-21-17-12/h1-7H,8H2,(H,16,19). The van der Waals surface area contributed by atoms with Gasteiger partial charge in [-0.15, -0.1) is 11.8 Å². The Bertz CT molecular complexity index is 773. The van der Waals surface area contributed by atoms with Gasteiger partial charge in [-0.1, -0.05) is 17.7 Å². The number of fused-ring (bicyclic) bond motifs is 1. The van der Waals surface area contributed by atoms with Crippen LogP contribution in [0.3, 0.4) is 0 Å². The van der Waals surface area contributed by atoms with Gasteiger partial charge < -0.3 is 5.32 Å². The molecule has 0 aliphatic heterocycles. The maximum atomic E-state index is 12.0. The maximum absolute atomic E-state index is 12.0. The van der Waals surface area contributed by atoms with Gasteiger partial charge in [-0.05, 0) is 36.4 Å². The summed E-state index contributed by atoms with van der Waals surface area (Å²) in [4.78, 5) is 13.0. The molecule has 3 rings (SSSR count). The number of thioether (sulfide) groups is 1. The highest BCUT2D eigenvalue weighted by Gasteiger charge is 2.09. The minimum absolute atomic E-state index is 0.0737. The number of benzene rings is 2. The molecule has 21 heavy (non-hydrogen) atoms. The number of nitrogens with one attached hydrogen (secondary N) is 1. The van der Waals surface area contributed by atoms with E-state index < -0.39 is 0 Å². The average molecular weight is 336 g/mol. The first-order valence-electron chi connectivity index (χ1n) is 6.12. The summed E-state index contributed by atoms with van der Waals surface area (Å²) < 4.78 is 8.34. The van der Waals surface area contributed by atoms with Gasteiger partial charge in [0.25, 0.3) is 0 Å². The van der Waals surface area contributed by atoms with Gasteiger partial charge in [0.15, 0.2) is 0 Å². The van der Waals surface area contributed by atoms with Crippen molar-refractivity contribution < 1.29 is 4.79 Å². The molecule has 7 heteroatoms. The van der Waals surface area contributed by atoms with Crippen molar-refractivity contribution in [2.45, 2.75) is 4.90 Å². The van der Waals surface area contributed by atoms with Crippen LogP contribution in [0.15, 0.2) is 47.4 Å². The third kappa shape index (κ3) is 3.53. The van der Waals surface area contributed by atoms with Crippen molar-refractivity contribution in [2.75, 3.05) is 11.1 Å². The SMILES string of the molecule is O=C(CSc1ccc(Cl)cc1)Nc1cccc2nsnc12. The molecule has 106 valence electrons. The van der Waals surface area contributed by atoms with Crippen LogP contribution in [-0.4, -0.2) is 20.4 Å². The van der Waals surface area contributed by atoms with Crippen LogP contribution in [-0.2, 0) is 4.79 Å². The van der Waals surface area contributed by atoms with Crippen LogP contribution >= 0.6 is 35.1 Å². The molecule has 1 amide bonds. The minimum Gasteiger partial charge on any atom is -0.323 e. The Morgan fingerprint density at radius 3 is 2.81 bits per heavy atom. The van der Waals surface area contributed by atoms with E-state index in [2.05, 4.69) is 14.1 Å². The monoisotopic (exact) mass is 335 g/mol. The lowest BCUT2D eigenvalue weighted by Gasteiger charge is -2.05. The maximum Gasteiger partial charge on any atom is 0.234 e. The topological polar surface area (TPSA) is 54.9 Å². The largest absolute Gasteiger partial charge is 0.323 e. The van der Waals surface area contributed by atoms with Crippen molar-refractivity contribution in [3.8, 4) is 0 Å². The predicted octanol–water partition coefficient (Wildman–Crippen LogP) is 4.08. The molecule has 0 spiro atoms. The molecule has 1 heterocycles. The summed E-state index contributed by atoms with van der Waals surface area (Å²) >= 11 is 8.42. The second-order valence-electron chi connectivity index (χ2n) is 4.23. The Balaban J connectivity index is 1.64. The number of hydrogen-bond donors (Lipinski definition) is 1. The van der Waals surface area contributed by atoms with E-state index in [1.165, 1.54) is 11.8 Å². The van der Waals surface area contributed by atoms with Crippen LogP contribution in [0.5, 0.6) is 0 Å². The van der Waals surface area contributed by atoms with E-state index in [4.69, 9.17) is 11.6 Å². The molecule has 0 unspecified atom stereocenters. The van der Waals surface area contributed by atoms with Crippen molar-refractivity contribution in [3.05, 3.63) is 47.5 Å². The van der Waals surface area contributed by atoms with E-state index in [-0.39, 0.29) is 5.91 Å². The molecule has 2 aromatic carbocycles. The first-order chi connectivity index (χ1) is 10.2. The van der Waals surface area contributed by atoms with Crippen molar-refractivity contribution in [1.29, 1.82) is 0 Å². The zero-order valence-corrected chi connectivity index (χ0v) is 13.1. The van der Waals surface area contributed by atoms with Gasteiger partial charge in [-0.3, -0.25) is 4.79 Å². The Hall–Kier alpha value is -1.63. The smallest absolute Gasteiger partial charge is 0.234 e. The van der Waals surface area contributed by atoms with Gasteiger partial charge >= 0.3 is 0 Å². The van der Waals surface area contributed by atoms with E-state index in [0.717, 1.165) is 27.7 Å².